The number of imide groups is 1. The molecule has 1 aromatic heterocycles. The van der Waals surface area contributed by atoms with Gasteiger partial charge in [-0.25, -0.2) is 4.98 Å². The summed E-state index contributed by atoms with van der Waals surface area (Å²) in [6.45, 7) is 4.63. The highest BCUT2D eigenvalue weighted by Crippen LogP contribution is 2.25. The highest BCUT2D eigenvalue weighted by Gasteiger charge is 2.34. The first-order chi connectivity index (χ1) is 14.1. The summed E-state index contributed by atoms with van der Waals surface area (Å²) in [5.41, 5.74) is 1.76. The van der Waals surface area contributed by atoms with Crippen molar-refractivity contribution in [2.45, 2.75) is 26.9 Å². The maximum atomic E-state index is 12.4. The van der Waals surface area contributed by atoms with Gasteiger partial charge in [0.15, 0.2) is 0 Å². The summed E-state index contributed by atoms with van der Waals surface area (Å²) in [6.07, 6.45) is 0.508. The molecule has 0 unspecified atom stereocenters. The van der Waals surface area contributed by atoms with Crippen LogP contribution in [0.5, 0.6) is 5.75 Å². The summed E-state index contributed by atoms with van der Waals surface area (Å²) in [5.74, 6) is 0.128. The number of aromatic nitrogens is 1. The number of rotatable bonds is 6. The molecule has 0 aliphatic carbocycles. The fourth-order valence-corrected chi connectivity index (χ4v) is 3.83. The van der Waals surface area contributed by atoms with E-state index in [1.165, 1.54) is 16.2 Å². The zero-order valence-electron chi connectivity index (χ0n) is 16.2. The predicted molar refractivity (Wildman–Crippen MR) is 115 cm³/mol. The summed E-state index contributed by atoms with van der Waals surface area (Å²) in [7, 11) is 0. The van der Waals surface area contributed by atoms with Crippen LogP contribution in [0.2, 0.25) is 5.02 Å². The summed E-state index contributed by atoms with van der Waals surface area (Å²) < 4.78 is 5.69. The van der Waals surface area contributed by atoms with E-state index >= 15 is 0 Å². The molecule has 0 N–H and O–H groups in total. The Balaban J connectivity index is 0.00000117. The van der Waals surface area contributed by atoms with Crippen molar-refractivity contribution < 1.29 is 14.3 Å². The molecule has 2 aromatic carbocycles. The van der Waals surface area contributed by atoms with Crippen molar-refractivity contribution in [2.75, 3.05) is 6.54 Å². The number of thiazole rings is 1. The molecular formula is C22H21ClN2O3S. The number of amides is 2. The average Bonchev–Trinajstić information content (AvgIpc) is 3.31. The van der Waals surface area contributed by atoms with E-state index in [2.05, 4.69) is 4.98 Å². The first kappa shape index (κ1) is 21.0. The van der Waals surface area contributed by atoms with Gasteiger partial charge < -0.3 is 4.74 Å². The van der Waals surface area contributed by atoms with Crippen molar-refractivity contribution in [2.24, 2.45) is 0 Å². The highest BCUT2D eigenvalue weighted by atomic mass is 35.5. The number of halogens is 1. The first-order valence-corrected chi connectivity index (χ1v) is 10.6. The van der Waals surface area contributed by atoms with Gasteiger partial charge >= 0.3 is 0 Å². The van der Waals surface area contributed by atoms with E-state index in [4.69, 9.17) is 16.3 Å². The Hall–Kier alpha value is -2.70. The topological polar surface area (TPSA) is 59.5 Å². The molecular weight excluding hydrogens is 408 g/mol. The Bertz CT molecular complexity index is 984. The van der Waals surface area contributed by atoms with Crippen LogP contribution in [0.1, 0.15) is 45.3 Å². The molecule has 0 spiro atoms. The standard InChI is InChI=1S/C20H15ClN2O3S.C2H6/c21-16-7-3-4-8-17(16)26-11-18-22-13(12-27-18)9-10-23-19(24)14-5-1-2-6-15(14)20(23)25;1-2/h1-8,12H,9-11H2;1-2H3. The van der Waals surface area contributed by atoms with Gasteiger partial charge in [0.05, 0.1) is 21.8 Å². The van der Waals surface area contributed by atoms with Gasteiger partial charge in [-0.2, -0.15) is 0 Å². The number of hydrogen-bond acceptors (Lipinski definition) is 5. The van der Waals surface area contributed by atoms with Gasteiger partial charge in [0, 0.05) is 18.3 Å². The van der Waals surface area contributed by atoms with Crippen LogP contribution in [0, 0.1) is 0 Å². The van der Waals surface area contributed by atoms with Gasteiger partial charge in [-0.05, 0) is 24.3 Å². The van der Waals surface area contributed by atoms with Gasteiger partial charge in [0.2, 0.25) is 0 Å². The highest BCUT2D eigenvalue weighted by molar-refractivity contribution is 7.09. The van der Waals surface area contributed by atoms with Crippen molar-refractivity contribution in [1.82, 2.24) is 9.88 Å². The molecule has 0 saturated heterocycles. The fraction of sp³-hybridized carbons (Fsp3) is 0.227. The molecule has 5 nitrogen and oxygen atoms in total. The van der Waals surface area contributed by atoms with Crippen LogP contribution in [0.15, 0.2) is 53.9 Å². The molecule has 1 aliphatic heterocycles. The third kappa shape index (κ3) is 4.66. The summed E-state index contributed by atoms with van der Waals surface area (Å²) in [5, 5.41) is 3.29. The lowest BCUT2D eigenvalue weighted by molar-refractivity contribution is 0.0656. The van der Waals surface area contributed by atoms with E-state index < -0.39 is 0 Å². The van der Waals surface area contributed by atoms with Gasteiger partial charge in [-0.3, -0.25) is 14.5 Å². The second-order valence-electron chi connectivity index (χ2n) is 6.01. The molecule has 2 amide bonds. The van der Waals surface area contributed by atoms with Gasteiger partial charge in [0.1, 0.15) is 17.4 Å². The quantitative estimate of drug-likeness (QED) is 0.504. The number of carbonyl (C=O) groups excluding carboxylic acids is 2. The summed E-state index contributed by atoms with van der Waals surface area (Å²) in [6, 6.07) is 14.2. The van der Waals surface area contributed by atoms with E-state index in [0.29, 0.717) is 41.5 Å². The number of fused-ring (bicyclic) bond motifs is 1. The molecule has 7 heteroatoms. The van der Waals surface area contributed by atoms with Gasteiger partial charge in [0.25, 0.3) is 11.8 Å². The molecule has 29 heavy (non-hydrogen) atoms. The number of ether oxygens (including phenoxy) is 1. The molecule has 0 atom stereocenters. The van der Waals surface area contributed by atoms with Gasteiger partial charge in [-0.1, -0.05) is 49.7 Å². The molecule has 1 aliphatic rings. The lowest BCUT2D eigenvalue weighted by Gasteiger charge is -2.12. The molecule has 0 bridgehead atoms. The molecule has 0 radical (unpaired) electrons. The molecule has 2 heterocycles. The maximum Gasteiger partial charge on any atom is 0.261 e. The normalized spacial score (nSPS) is 12.4. The van der Waals surface area contributed by atoms with Crippen molar-refractivity contribution in [3.8, 4) is 5.75 Å². The second-order valence-corrected chi connectivity index (χ2v) is 7.36. The van der Waals surface area contributed by atoms with Crippen LogP contribution in [-0.2, 0) is 13.0 Å². The van der Waals surface area contributed by atoms with Crippen LogP contribution in [0.3, 0.4) is 0 Å². The monoisotopic (exact) mass is 428 g/mol. The van der Waals surface area contributed by atoms with E-state index in [1.807, 2.05) is 31.4 Å². The molecule has 4 rings (SSSR count). The number of carbonyl (C=O) groups is 2. The molecule has 3 aromatic rings. The third-order valence-electron chi connectivity index (χ3n) is 4.26. The zero-order chi connectivity index (χ0) is 20.8. The van der Waals surface area contributed by atoms with Crippen LogP contribution in [0.4, 0.5) is 0 Å². The van der Waals surface area contributed by atoms with Crippen molar-refractivity contribution in [1.29, 1.82) is 0 Å². The number of hydrogen-bond donors (Lipinski definition) is 0. The zero-order valence-corrected chi connectivity index (χ0v) is 17.8. The second kappa shape index (κ2) is 9.67. The Morgan fingerprint density at radius 3 is 2.28 bits per heavy atom. The molecule has 0 fully saturated rings. The SMILES string of the molecule is CC.O=C1c2ccccc2C(=O)N1CCc1csc(COc2ccccc2Cl)n1. The van der Waals surface area contributed by atoms with Crippen LogP contribution in [-0.4, -0.2) is 28.2 Å². The Labute approximate surface area is 178 Å². The van der Waals surface area contributed by atoms with E-state index in [-0.39, 0.29) is 11.8 Å². The number of benzene rings is 2. The Kier molecular flexibility index (Phi) is 7.01. The number of para-hydroxylation sites is 1. The van der Waals surface area contributed by atoms with Crippen LogP contribution < -0.4 is 4.74 Å². The van der Waals surface area contributed by atoms with Crippen molar-refractivity contribution in [3.63, 3.8) is 0 Å². The minimum atomic E-state index is -0.242. The van der Waals surface area contributed by atoms with E-state index in [9.17, 15) is 9.59 Å². The minimum absolute atomic E-state index is 0.242. The average molecular weight is 429 g/mol. The minimum Gasteiger partial charge on any atom is -0.485 e. The number of nitrogens with zero attached hydrogens (tertiary/aromatic N) is 2. The molecule has 0 saturated carbocycles. The van der Waals surface area contributed by atoms with Crippen molar-refractivity contribution in [3.05, 3.63) is 80.8 Å². The summed E-state index contributed by atoms with van der Waals surface area (Å²) in [4.78, 5) is 30.6. The Morgan fingerprint density at radius 2 is 1.62 bits per heavy atom. The first-order valence-electron chi connectivity index (χ1n) is 9.39. The third-order valence-corrected chi connectivity index (χ3v) is 5.44. The Morgan fingerprint density at radius 1 is 1.00 bits per heavy atom. The maximum absolute atomic E-state index is 12.4. The smallest absolute Gasteiger partial charge is 0.261 e. The van der Waals surface area contributed by atoms with E-state index in [1.54, 1.807) is 36.4 Å². The predicted octanol–water partition coefficient (Wildman–Crippen LogP) is 5.24. The van der Waals surface area contributed by atoms with Gasteiger partial charge in [-0.15, -0.1) is 11.3 Å². The van der Waals surface area contributed by atoms with Crippen LogP contribution in [0.25, 0.3) is 0 Å². The molecule has 150 valence electrons. The van der Waals surface area contributed by atoms with Crippen molar-refractivity contribution >= 4 is 34.8 Å². The van der Waals surface area contributed by atoms with E-state index in [0.717, 1.165) is 10.7 Å². The lowest BCUT2D eigenvalue weighted by Crippen LogP contribution is -2.31. The summed E-state index contributed by atoms with van der Waals surface area (Å²) >= 11 is 7.55. The fourth-order valence-electron chi connectivity index (χ4n) is 2.90. The lowest BCUT2D eigenvalue weighted by atomic mass is 10.1. The largest absolute Gasteiger partial charge is 0.485 e. The van der Waals surface area contributed by atoms with Crippen LogP contribution >= 0.6 is 22.9 Å².